The molecule has 118 valence electrons. The van der Waals surface area contributed by atoms with E-state index in [2.05, 4.69) is 15.1 Å². The van der Waals surface area contributed by atoms with Gasteiger partial charge in [-0.1, -0.05) is 0 Å². The van der Waals surface area contributed by atoms with E-state index in [9.17, 15) is 4.79 Å². The van der Waals surface area contributed by atoms with Gasteiger partial charge in [0.2, 0.25) is 5.89 Å². The molecule has 0 saturated carbocycles. The van der Waals surface area contributed by atoms with Gasteiger partial charge in [-0.3, -0.25) is 4.79 Å². The van der Waals surface area contributed by atoms with Gasteiger partial charge in [0.05, 0.1) is 12.1 Å². The SMILES string of the molecule is COCc1nc2c(o1)CCN(C(=O)c1ccc3ncnn3c1)C2. The quantitative estimate of drug-likeness (QED) is 0.719. The summed E-state index contributed by atoms with van der Waals surface area (Å²) in [6.45, 7) is 1.38. The van der Waals surface area contributed by atoms with E-state index in [0.29, 0.717) is 43.2 Å². The van der Waals surface area contributed by atoms with E-state index in [4.69, 9.17) is 9.15 Å². The van der Waals surface area contributed by atoms with Gasteiger partial charge in [-0.05, 0) is 12.1 Å². The lowest BCUT2D eigenvalue weighted by Gasteiger charge is -2.25. The minimum Gasteiger partial charge on any atom is -0.443 e. The second-order valence-electron chi connectivity index (χ2n) is 5.37. The third-order valence-corrected chi connectivity index (χ3v) is 3.85. The van der Waals surface area contributed by atoms with Crippen LogP contribution in [0.2, 0.25) is 0 Å². The van der Waals surface area contributed by atoms with Crippen molar-refractivity contribution in [1.29, 1.82) is 0 Å². The highest BCUT2D eigenvalue weighted by molar-refractivity contribution is 5.94. The predicted molar refractivity (Wildman–Crippen MR) is 78.6 cm³/mol. The third-order valence-electron chi connectivity index (χ3n) is 3.85. The second kappa shape index (κ2) is 5.47. The fourth-order valence-corrected chi connectivity index (χ4v) is 2.74. The molecule has 3 aromatic rings. The molecule has 4 rings (SSSR count). The normalized spacial score (nSPS) is 14.2. The zero-order chi connectivity index (χ0) is 15.8. The van der Waals surface area contributed by atoms with E-state index in [-0.39, 0.29) is 5.91 Å². The summed E-state index contributed by atoms with van der Waals surface area (Å²) >= 11 is 0. The number of nitrogens with zero attached hydrogens (tertiary/aromatic N) is 5. The minimum absolute atomic E-state index is 0.0515. The maximum atomic E-state index is 12.7. The third kappa shape index (κ3) is 2.46. The van der Waals surface area contributed by atoms with Gasteiger partial charge in [0.15, 0.2) is 5.65 Å². The van der Waals surface area contributed by atoms with Gasteiger partial charge in [-0.2, -0.15) is 5.10 Å². The summed E-state index contributed by atoms with van der Waals surface area (Å²) in [5.74, 6) is 1.34. The Morgan fingerprint density at radius 3 is 3.22 bits per heavy atom. The molecule has 0 radical (unpaired) electrons. The van der Waals surface area contributed by atoms with Gasteiger partial charge in [-0.15, -0.1) is 0 Å². The summed E-state index contributed by atoms with van der Waals surface area (Å²) in [7, 11) is 1.60. The van der Waals surface area contributed by atoms with Crippen LogP contribution in [0.1, 0.15) is 27.7 Å². The predicted octanol–water partition coefficient (Wildman–Crippen LogP) is 1.06. The van der Waals surface area contributed by atoms with Gasteiger partial charge in [-0.25, -0.2) is 14.5 Å². The van der Waals surface area contributed by atoms with E-state index < -0.39 is 0 Å². The first-order chi connectivity index (χ1) is 11.2. The monoisotopic (exact) mass is 313 g/mol. The van der Waals surface area contributed by atoms with E-state index in [1.54, 1.807) is 34.9 Å². The van der Waals surface area contributed by atoms with E-state index in [1.807, 2.05) is 0 Å². The number of methoxy groups -OCH3 is 1. The Morgan fingerprint density at radius 2 is 2.35 bits per heavy atom. The second-order valence-corrected chi connectivity index (χ2v) is 5.37. The van der Waals surface area contributed by atoms with Gasteiger partial charge in [0.25, 0.3) is 5.91 Å². The highest BCUT2D eigenvalue weighted by atomic mass is 16.5. The number of hydrogen-bond acceptors (Lipinski definition) is 6. The highest BCUT2D eigenvalue weighted by Crippen LogP contribution is 2.21. The lowest BCUT2D eigenvalue weighted by Crippen LogP contribution is -2.35. The number of hydrogen-bond donors (Lipinski definition) is 0. The molecule has 0 aliphatic carbocycles. The van der Waals surface area contributed by atoms with Crippen LogP contribution in [0.3, 0.4) is 0 Å². The van der Waals surface area contributed by atoms with Gasteiger partial charge in [0, 0.05) is 26.3 Å². The maximum absolute atomic E-state index is 12.7. The van der Waals surface area contributed by atoms with Gasteiger partial charge >= 0.3 is 0 Å². The van der Waals surface area contributed by atoms with E-state index >= 15 is 0 Å². The summed E-state index contributed by atoms with van der Waals surface area (Å²) in [5.41, 5.74) is 2.09. The van der Waals surface area contributed by atoms with Crippen LogP contribution in [-0.2, 0) is 24.3 Å². The molecule has 0 fully saturated rings. The van der Waals surface area contributed by atoms with Gasteiger partial charge in [0.1, 0.15) is 24.4 Å². The fourth-order valence-electron chi connectivity index (χ4n) is 2.74. The Kier molecular flexibility index (Phi) is 3.30. The summed E-state index contributed by atoms with van der Waals surface area (Å²) in [6, 6.07) is 3.55. The van der Waals surface area contributed by atoms with Crippen molar-refractivity contribution in [3.63, 3.8) is 0 Å². The van der Waals surface area contributed by atoms with Gasteiger partial charge < -0.3 is 14.1 Å². The average molecular weight is 313 g/mol. The molecule has 0 unspecified atom stereocenters. The van der Waals surface area contributed by atoms with Crippen LogP contribution in [-0.4, -0.2) is 44.0 Å². The number of aromatic nitrogens is 4. The molecule has 4 heterocycles. The first-order valence-corrected chi connectivity index (χ1v) is 7.29. The molecule has 23 heavy (non-hydrogen) atoms. The van der Waals surface area contributed by atoms with Crippen molar-refractivity contribution in [3.05, 3.63) is 47.6 Å². The molecule has 3 aromatic heterocycles. The Labute approximate surface area is 131 Å². The first-order valence-electron chi connectivity index (χ1n) is 7.29. The largest absolute Gasteiger partial charge is 0.443 e. The Balaban J connectivity index is 1.56. The van der Waals surface area contributed by atoms with Crippen molar-refractivity contribution in [2.24, 2.45) is 0 Å². The lowest BCUT2D eigenvalue weighted by molar-refractivity contribution is 0.0727. The van der Waals surface area contributed by atoms with Crippen LogP contribution in [0.5, 0.6) is 0 Å². The summed E-state index contributed by atoms with van der Waals surface area (Å²) < 4.78 is 12.3. The minimum atomic E-state index is -0.0515. The average Bonchev–Trinajstić information content (AvgIpc) is 3.18. The van der Waals surface area contributed by atoms with Crippen LogP contribution >= 0.6 is 0 Å². The molecule has 8 heteroatoms. The molecule has 0 atom stereocenters. The molecule has 0 aromatic carbocycles. The van der Waals surface area contributed by atoms with Crippen molar-refractivity contribution < 1.29 is 13.9 Å². The van der Waals surface area contributed by atoms with E-state index in [1.165, 1.54) is 6.33 Å². The summed E-state index contributed by atoms with van der Waals surface area (Å²) in [4.78, 5) is 22.9. The van der Waals surface area contributed by atoms with Crippen molar-refractivity contribution >= 4 is 11.6 Å². The van der Waals surface area contributed by atoms with Crippen molar-refractivity contribution in [2.45, 2.75) is 19.6 Å². The van der Waals surface area contributed by atoms with Crippen LogP contribution in [0.25, 0.3) is 5.65 Å². The van der Waals surface area contributed by atoms with Crippen molar-refractivity contribution in [2.75, 3.05) is 13.7 Å². The molecule has 0 bridgehead atoms. The Bertz CT molecular complexity index is 869. The molecule has 0 spiro atoms. The maximum Gasteiger partial charge on any atom is 0.255 e. The lowest BCUT2D eigenvalue weighted by atomic mass is 10.1. The number of carbonyl (C=O) groups excluding carboxylic acids is 1. The zero-order valence-corrected chi connectivity index (χ0v) is 12.6. The molecule has 1 aliphatic heterocycles. The number of oxazole rings is 1. The van der Waals surface area contributed by atoms with E-state index in [0.717, 1.165) is 11.5 Å². The van der Waals surface area contributed by atoms with Crippen LogP contribution < -0.4 is 0 Å². The molecule has 1 aliphatic rings. The van der Waals surface area contributed by atoms with Crippen LogP contribution in [0.4, 0.5) is 0 Å². The van der Waals surface area contributed by atoms with Crippen molar-refractivity contribution in [1.82, 2.24) is 24.5 Å². The summed E-state index contributed by atoms with van der Waals surface area (Å²) in [6.07, 6.45) is 3.81. The Morgan fingerprint density at radius 1 is 1.43 bits per heavy atom. The van der Waals surface area contributed by atoms with Crippen LogP contribution in [0, 0.1) is 0 Å². The molecule has 0 N–H and O–H groups in total. The number of amides is 1. The molecule has 8 nitrogen and oxygen atoms in total. The smallest absolute Gasteiger partial charge is 0.255 e. The fraction of sp³-hybridized carbons (Fsp3) is 0.333. The number of rotatable bonds is 3. The molecular formula is C15H15N5O3. The standard InChI is InChI=1S/C15H15N5O3/c1-22-8-14-18-11-7-19(5-4-12(11)23-14)15(21)10-2-3-13-16-9-17-20(13)6-10/h2-3,6,9H,4-5,7-8H2,1H3. The number of ether oxygens (including phenoxy) is 1. The number of carbonyl (C=O) groups is 1. The summed E-state index contributed by atoms with van der Waals surface area (Å²) in [5, 5.41) is 4.06. The topological polar surface area (TPSA) is 85.8 Å². The Hall–Kier alpha value is -2.74. The molecule has 0 saturated heterocycles. The number of pyridine rings is 1. The first kappa shape index (κ1) is 13.9. The zero-order valence-electron chi connectivity index (χ0n) is 12.6. The highest BCUT2D eigenvalue weighted by Gasteiger charge is 2.26. The van der Waals surface area contributed by atoms with Crippen LogP contribution in [0.15, 0.2) is 29.1 Å². The number of fused-ring (bicyclic) bond motifs is 2. The molecular weight excluding hydrogens is 298 g/mol. The molecule has 1 amide bonds. The van der Waals surface area contributed by atoms with Crippen molar-refractivity contribution in [3.8, 4) is 0 Å².